The summed E-state index contributed by atoms with van der Waals surface area (Å²) in [6.07, 6.45) is 0.701. The molecule has 1 N–H and O–H groups in total. The summed E-state index contributed by atoms with van der Waals surface area (Å²) in [6.45, 7) is 0.534. The summed E-state index contributed by atoms with van der Waals surface area (Å²) < 4.78 is 5.93. The highest BCUT2D eigenvalue weighted by molar-refractivity contribution is 7.13. The fourth-order valence-electron chi connectivity index (χ4n) is 2.39. The lowest BCUT2D eigenvalue weighted by atomic mass is 10.1. The minimum atomic E-state index is -0.901. The molecule has 0 saturated carbocycles. The molecule has 0 aliphatic rings. The van der Waals surface area contributed by atoms with E-state index in [0.29, 0.717) is 28.1 Å². The van der Waals surface area contributed by atoms with Crippen LogP contribution in [0, 0.1) is 0 Å². The van der Waals surface area contributed by atoms with Crippen LogP contribution in [0.25, 0.3) is 10.6 Å². The maximum Gasteiger partial charge on any atom is 0.309 e. The zero-order valence-corrected chi connectivity index (χ0v) is 14.9. The summed E-state index contributed by atoms with van der Waals surface area (Å²) in [5.74, 6) is -0.209. The van der Waals surface area contributed by atoms with Crippen LogP contribution in [-0.2, 0) is 17.6 Å². The number of aromatic nitrogens is 1. The van der Waals surface area contributed by atoms with Crippen LogP contribution in [0.1, 0.15) is 11.3 Å². The number of carbonyl (C=O) groups is 1. The molecule has 25 heavy (non-hydrogen) atoms. The van der Waals surface area contributed by atoms with Gasteiger partial charge in [-0.2, -0.15) is 0 Å². The molecule has 0 bridgehead atoms. The van der Waals surface area contributed by atoms with Gasteiger partial charge in [-0.3, -0.25) is 4.79 Å². The number of rotatable bonds is 7. The molecule has 0 atom stereocenters. The van der Waals surface area contributed by atoms with Crippen molar-refractivity contribution < 1.29 is 14.6 Å². The van der Waals surface area contributed by atoms with Crippen LogP contribution < -0.4 is 4.74 Å². The van der Waals surface area contributed by atoms with E-state index in [9.17, 15) is 4.79 Å². The third-order valence-electron chi connectivity index (χ3n) is 3.55. The summed E-state index contributed by atoms with van der Waals surface area (Å²) in [5.41, 5.74) is 2.51. The van der Waals surface area contributed by atoms with Crippen molar-refractivity contribution in [2.45, 2.75) is 12.8 Å². The fraction of sp³-hybridized carbons (Fsp3) is 0.158. The van der Waals surface area contributed by atoms with E-state index in [-0.39, 0.29) is 6.42 Å². The van der Waals surface area contributed by atoms with Gasteiger partial charge < -0.3 is 9.84 Å². The maximum atomic E-state index is 10.8. The number of thiazole rings is 1. The Kier molecular flexibility index (Phi) is 5.68. The van der Waals surface area contributed by atoms with Crippen LogP contribution in [0.2, 0.25) is 5.02 Å². The quantitative estimate of drug-likeness (QED) is 0.651. The predicted molar refractivity (Wildman–Crippen MR) is 99.5 cm³/mol. The van der Waals surface area contributed by atoms with E-state index < -0.39 is 5.97 Å². The minimum absolute atomic E-state index is 0.0960. The molecule has 128 valence electrons. The zero-order valence-electron chi connectivity index (χ0n) is 13.3. The largest absolute Gasteiger partial charge is 0.493 e. The number of aliphatic carboxylic acids is 1. The molecule has 2 aromatic carbocycles. The Morgan fingerprint density at radius 3 is 2.76 bits per heavy atom. The summed E-state index contributed by atoms with van der Waals surface area (Å²) in [6, 6.07) is 15.5. The molecule has 0 unspecified atom stereocenters. The molecule has 1 heterocycles. The molecule has 0 fully saturated rings. The van der Waals surface area contributed by atoms with E-state index in [1.54, 1.807) is 17.5 Å². The van der Waals surface area contributed by atoms with Crippen molar-refractivity contribution in [3.8, 4) is 16.3 Å². The van der Waals surface area contributed by atoms with Gasteiger partial charge in [0, 0.05) is 16.8 Å². The lowest BCUT2D eigenvalue weighted by molar-refractivity contribution is -0.136. The smallest absolute Gasteiger partial charge is 0.309 e. The van der Waals surface area contributed by atoms with E-state index in [1.165, 1.54) is 16.9 Å². The molecule has 0 aliphatic heterocycles. The van der Waals surface area contributed by atoms with Crippen molar-refractivity contribution in [1.82, 2.24) is 4.98 Å². The Labute approximate surface area is 154 Å². The molecular formula is C19H16ClNO3S. The highest BCUT2D eigenvalue weighted by Crippen LogP contribution is 2.34. The number of carboxylic acid groups (broad SMARTS) is 1. The summed E-state index contributed by atoms with van der Waals surface area (Å²) >= 11 is 7.50. The summed E-state index contributed by atoms with van der Waals surface area (Å²) in [7, 11) is 0. The highest BCUT2D eigenvalue weighted by Gasteiger charge is 2.13. The van der Waals surface area contributed by atoms with Crippen molar-refractivity contribution >= 4 is 28.9 Å². The standard InChI is InChI=1S/C19H16ClNO3S/c20-14-6-7-17(24-9-8-13-4-2-1-3-5-13)16(10-14)19-21-15(12-25-19)11-18(22)23/h1-7,10,12H,8-9,11H2,(H,22,23). The zero-order chi connectivity index (χ0) is 17.6. The first-order chi connectivity index (χ1) is 12.1. The first kappa shape index (κ1) is 17.5. The topological polar surface area (TPSA) is 59.4 Å². The number of benzene rings is 2. The molecular weight excluding hydrogens is 358 g/mol. The molecule has 3 rings (SSSR count). The van der Waals surface area contributed by atoms with Gasteiger partial charge in [-0.25, -0.2) is 4.98 Å². The van der Waals surface area contributed by atoms with Crippen molar-refractivity contribution in [3.63, 3.8) is 0 Å². The average molecular weight is 374 g/mol. The molecule has 0 aliphatic carbocycles. The van der Waals surface area contributed by atoms with E-state index in [2.05, 4.69) is 17.1 Å². The Hall–Kier alpha value is -2.37. The lowest BCUT2D eigenvalue weighted by Crippen LogP contribution is -2.02. The molecule has 0 radical (unpaired) electrons. The lowest BCUT2D eigenvalue weighted by Gasteiger charge is -2.10. The van der Waals surface area contributed by atoms with Crippen LogP contribution in [0.3, 0.4) is 0 Å². The van der Waals surface area contributed by atoms with Gasteiger partial charge in [0.2, 0.25) is 0 Å². The van der Waals surface area contributed by atoms with E-state index >= 15 is 0 Å². The first-order valence-electron chi connectivity index (χ1n) is 7.74. The van der Waals surface area contributed by atoms with E-state index in [0.717, 1.165) is 12.0 Å². The van der Waals surface area contributed by atoms with Gasteiger partial charge in [-0.15, -0.1) is 11.3 Å². The third kappa shape index (κ3) is 4.81. The second-order valence-electron chi connectivity index (χ2n) is 5.44. The number of hydrogen-bond donors (Lipinski definition) is 1. The second kappa shape index (κ2) is 8.14. The second-order valence-corrected chi connectivity index (χ2v) is 6.73. The number of hydrogen-bond acceptors (Lipinski definition) is 4. The van der Waals surface area contributed by atoms with Crippen molar-refractivity contribution in [1.29, 1.82) is 0 Å². The summed E-state index contributed by atoms with van der Waals surface area (Å²) in [5, 5.41) is 11.9. The van der Waals surface area contributed by atoms with E-state index in [1.807, 2.05) is 24.3 Å². The van der Waals surface area contributed by atoms with Crippen LogP contribution in [0.4, 0.5) is 0 Å². The van der Waals surface area contributed by atoms with Gasteiger partial charge in [0.25, 0.3) is 0 Å². The predicted octanol–water partition coefficient (Wildman–Crippen LogP) is 4.71. The third-order valence-corrected chi connectivity index (χ3v) is 4.71. The molecule has 0 saturated heterocycles. The van der Waals surface area contributed by atoms with Gasteiger partial charge >= 0.3 is 5.97 Å². The molecule has 0 spiro atoms. The van der Waals surface area contributed by atoms with Crippen LogP contribution >= 0.6 is 22.9 Å². The highest BCUT2D eigenvalue weighted by atomic mass is 35.5. The van der Waals surface area contributed by atoms with Gasteiger partial charge in [-0.1, -0.05) is 41.9 Å². The van der Waals surface area contributed by atoms with E-state index in [4.69, 9.17) is 21.4 Å². The van der Waals surface area contributed by atoms with Crippen molar-refractivity contribution in [3.05, 3.63) is 70.2 Å². The maximum absolute atomic E-state index is 10.8. The van der Waals surface area contributed by atoms with Gasteiger partial charge in [0.15, 0.2) is 0 Å². The number of nitrogens with zero attached hydrogens (tertiary/aromatic N) is 1. The van der Waals surface area contributed by atoms with Gasteiger partial charge in [0.05, 0.1) is 24.3 Å². The number of ether oxygens (including phenoxy) is 1. The summed E-state index contributed by atoms with van der Waals surface area (Å²) in [4.78, 5) is 15.2. The van der Waals surface area contributed by atoms with Crippen LogP contribution in [0.5, 0.6) is 5.75 Å². The Morgan fingerprint density at radius 1 is 1.20 bits per heavy atom. The normalized spacial score (nSPS) is 10.6. The Bertz CT molecular complexity index is 864. The SMILES string of the molecule is O=C(O)Cc1csc(-c2cc(Cl)ccc2OCCc2ccccc2)n1. The Balaban J connectivity index is 1.76. The molecule has 0 amide bonds. The number of halogens is 1. The molecule has 6 heteroatoms. The average Bonchev–Trinajstić information content (AvgIpc) is 3.04. The number of carboxylic acids is 1. The van der Waals surface area contributed by atoms with Gasteiger partial charge in [-0.05, 0) is 23.8 Å². The molecule has 4 nitrogen and oxygen atoms in total. The first-order valence-corrected chi connectivity index (χ1v) is 9.00. The van der Waals surface area contributed by atoms with Crippen LogP contribution in [-0.4, -0.2) is 22.7 Å². The molecule has 1 aromatic heterocycles. The van der Waals surface area contributed by atoms with Crippen LogP contribution in [0.15, 0.2) is 53.9 Å². The van der Waals surface area contributed by atoms with Crippen molar-refractivity contribution in [2.24, 2.45) is 0 Å². The monoisotopic (exact) mass is 373 g/mol. The molecule has 3 aromatic rings. The Morgan fingerprint density at radius 2 is 2.00 bits per heavy atom. The minimum Gasteiger partial charge on any atom is -0.493 e. The van der Waals surface area contributed by atoms with Crippen molar-refractivity contribution in [2.75, 3.05) is 6.61 Å². The van der Waals surface area contributed by atoms with Gasteiger partial charge in [0.1, 0.15) is 10.8 Å². The fourth-order valence-corrected chi connectivity index (χ4v) is 3.40.